The van der Waals surface area contributed by atoms with Crippen molar-refractivity contribution in [2.45, 2.75) is 76.1 Å². The maximum absolute atomic E-state index is 2.51. The van der Waals surface area contributed by atoms with Crippen LogP contribution in [0.15, 0.2) is 0 Å². The van der Waals surface area contributed by atoms with Gasteiger partial charge in [0.15, 0.2) is 0 Å². The second-order valence-electron chi connectivity index (χ2n) is 6.78. The van der Waals surface area contributed by atoms with E-state index in [1.807, 2.05) is 0 Å². The number of hydrogen-bond acceptors (Lipinski definition) is 0. The van der Waals surface area contributed by atoms with E-state index < -0.39 is 0 Å². The van der Waals surface area contributed by atoms with E-state index in [-0.39, 0.29) is 21.1 Å². The third kappa shape index (κ3) is 3.94. The standard InChI is InChI=1S/C10H21.C4H9.Sn/c1-8(2)10(6,7)9(3,4)5;1-3-4-2;/h1-7H3;1,3-4H2,2H3;. The molecule has 0 N–H and O–H groups in total. The molecular weight excluding hydrogens is 287 g/mol. The van der Waals surface area contributed by atoms with Crippen LogP contribution in [0.3, 0.4) is 0 Å². The predicted molar refractivity (Wildman–Crippen MR) is 72.7 cm³/mol. The van der Waals surface area contributed by atoms with Crippen molar-refractivity contribution in [3.05, 3.63) is 0 Å². The molecule has 0 rings (SSSR count). The number of rotatable bonds is 5. The molecule has 0 saturated carbocycles. The van der Waals surface area contributed by atoms with Crippen molar-refractivity contribution >= 4 is 21.1 Å². The van der Waals surface area contributed by atoms with Crippen molar-refractivity contribution in [1.82, 2.24) is 0 Å². The van der Waals surface area contributed by atoms with Crippen molar-refractivity contribution in [3.63, 3.8) is 0 Å². The molecule has 0 atom stereocenters. The van der Waals surface area contributed by atoms with Crippen LogP contribution in [-0.4, -0.2) is 21.1 Å². The average molecular weight is 317 g/mol. The molecule has 0 amide bonds. The van der Waals surface area contributed by atoms with E-state index in [1.165, 1.54) is 12.8 Å². The Balaban J connectivity index is 4.56. The maximum atomic E-state index is 2.51. The summed E-state index contributed by atoms with van der Waals surface area (Å²) in [6.45, 7) is 19.5. The Bertz CT molecular complexity index is 184. The predicted octanol–water partition coefficient (Wildman–Crippen LogP) is 5.18. The molecular formula is C14H30Sn. The van der Waals surface area contributed by atoms with Crippen molar-refractivity contribution in [1.29, 1.82) is 0 Å². The van der Waals surface area contributed by atoms with Gasteiger partial charge in [-0.25, -0.2) is 0 Å². The van der Waals surface area contributed by atoms with Crippen LogP contribution in [0.25, 0.3) is 0 Å². The van der Waals surface area contributed by atoms with Crippen molar-refractivity contribution in [2.24, 2.45) is 10.8 Å². The molecule has 1 heteroatoms. The first-order chi connectivity index (χ1) is 6.56. The fourth-order valence-corrected chi connectivity index (χ4v) is 7.37. The van der Waals surface area contributed by atoms with Gasteiger partial charge in [0.2, 0.25) is 0 Å². The molecule has 0 aliphatic heterocycles. The molecule has 0 aromatic heterocycles. The molecule has 0 spiro atoms. The molecule has 0 nitrogen and oxygen atoms in total. The van der Waals surface area contributed by atoms with E-state index in [9.17, 15) is 0 Å². The van der Waals surface area contributed by atoms with E-state index in [0.717, 1.165) is 0 Å². The molecule has 0 heterocycles. The third-order valence-corrected chi connectivity index (χ3v) is 10.6. The molecule has 2 radical (unpaired) electrons. The van der Waals surface area contributed by atoms with Crippen molar-refractivity contribution in [3.8, 4) is 0 Å². The fourth-order valence-electron chi connectivity index (χ4n) is 1.74. The quantitative estimate of drug-likeness (QED) is 0.484. The van der Waals surface area contributed by atoms with Gasteiger partial charge in [-0.1, -0.05) is 0 Å². The topological polar surface area (TPSA) is 0 Å². The van der Waals surface area contributed by atoms with Gasteiger partial charge >= 0.3 is 108 Å². The van der Waals surface area contributed by atoms with Crippen LogP contribution < -0.4 is 0 Å². The average Bonchev–Trinajstić information content (AvgIpc) is 2.02. The van der Waals surface area contributed by atoms with Crippen LogP contribution in [0.4, 0.5) is 0 Å². The SMILES string of the molecule is CCC[CH2][Sn][C](C)(C)C(C)(C)C(C)(C)C. The Labute approximate surface area is 108 Å². The Morgan fingerprint density at radius 3 is 1.67 bits per heavy atom. The molecule has 0 aliphatic rings. The van der Waals surface area contributed by atoms with E-state index >= 15 is 0 Å². The van der Waals surface area contributed by atoms with Gasteiger partial charge in [0.25, 0.3) is 0 Å². The molecule has 90 valence electrons. The summed E-state index contributed by atoms with van der Waals surface area (Å²) >= 11 is -0.249. The van der Waals surface area contributed by atoms with Crippen LogP contribution in [0, 0.1) is 10.8 Å². The van der Waals surface area contributed by atoms with Gasteiger partial charge in [-0.05, 0) is 0 Å². The Morgan fingerprint density at radius 2 is 1.33 bits per heavy atom. The first-order valence-corrected chi connectivity index (χ1v) is 9.76. The zero-order chi connectivity index (χ0) is 12.3. The Kier molecular flexibility index (Phi) is 5.71. The summed E-state index contributed by atoms with van der Waals surface area (Å²) in [5.41, 5.74) is 0.878. The van der Waals surface area contributed by atoms with E-state index in [1.54, 1.807) is 4.44 Å². The third-order valence-electron chi connectivity index (χ3n) is 4.53. The van der Waals surface area contributed by atoms with Gasteiger partial charge in [0.1, 0.15) is 0 Å². The van der Waals surface area contributed by atoms with Gasteiger partial charge in [-0.3, -0.25) is 0 Å². The summed E-state index contributed by atoms with van der Waals surface area (Å²) in [6.07, 6.45) is 2.82. The van der Waals surface area contributed by atoms with Crippen LogP contribution in [0.5, 0.6) is 0 Å². The van der Waals surface area contributed by atoms with Crippen LogP contribution in [-0.2, 0) is 0 Å². The summed E-state index contributed by atoms with van der Waals surface area (Å²) in [5.74, 6) is 0. The first kappa shape index (κ1) is 15.8. The number of hydrogen-bond donors (Lipinski definition) is 0. The zero-order valence-corrected chi connectivity index (χ0v) is 15.0. The molecule has 0 saturated heterocycles. The minimum absolute atomic E-state index is 0.249. The van der Waals surface area contributed by atoms with Crippen LogP contribution >= 0.6 is 0 Å². The van der Waals surface area contributed by atoms with E-state index in [0.29, 0.717) is 14.3 Å². The summed E-state index contributed by atoms with van der Waals surface area (Å²) in [6, 6.07) is 0. The van der Waals surface area contributed by atoms with Crippen LogP contribution in [0.1, 0.15) is 68.2 Å². The van der Waals surface area contributed by atoms with Crippen molar-refractivity contribution in [2.75, 3.05) is 0 Å². The van der Waals surface area contributed by atoms with Gasteiger partial charge in [-0.2, -0.15) is 0 Å². The van der Waals surface area contributed by atoms with Crippen molar-refractivity contribution < 1.29 is 0 Å². The normalized spacial score (nSPS) is 14.4. The molecule has 15 heavy (non-hydrogen) atoms. The second kappa shape index (κ2) is 5.42. The summed E-state index contributed by atoms with van der Waals surface area (Å²) in [4.78, 5) is 0. The molecule has 0 bridgehead atoms. The Hall–Kier alpha value is 0.799. The summed E-state index contributed by atoms with van der Waals surface area (Å²) in [7, 11) is 0. The minimum atomic E-state index is -0.249. The van der Waals surface area contributed by atoms with E-state index in [4.69, 9.17) is 0 Å². The first-order valence-electron chi connectivity index (χ1n) is 6.31. The summed E-state index contributed by atoms with van der Waals surface area (Å²) in [5, 5.41) is 0. The van der Waals surface area contributed by atoms with Gasteiger partial charge in [-0.15, -0.1) is 0 Å². The molecule has 0 unspecified atom stereocenters. The molecule has 0 aromatic carbocycles. The second-order valence-corrected chi connectivity index (χ2v) is 12.8. The molecule has 0 aromatic rings. The van der Waals surface area contributed by atoms with E-state index in [2.05, 4.69) is 55.4 Å². The van der Waals surface area contributed by atoms with Gasteiger partial charge in [0, 0.05) is 0 Å². The molecule has 0 fully saturated rings. The fraction of sp³-hybridized carbons (Fsp3) is 1.00. The molecule has 0 aliphatic carbocycles. The van der Waals surface area contributed by atoms with Crippen LogP contribution in [0.2, 0.25) is 7.87 Å². The monoisotopic (exact) mass is 318 g/mol. The Morgan fingerprint density at radius 1 is 0.867 bits per heavy atom. The zero-order valence-electron chi connectivity index (χ0n) is 12.1. The summed E-state index contributed by atoms with van der Waals surface area (Å²) < 4.78 is 2.15. The van der Waals surface area contributed by atoms with Gasteiger partial charge < -0.3 is 0 Å². The van der Waals surface area contributed by atoms with Gasteiger partial charge in [0.05, 0.1) is 0 Å². The number of unbranched alkanes of at least 4 members (excludes halogenated alkanes) is 1.